The third-order valence-corrected chi connectivity index (χ3v) is 4.98. The number of pyridine rings is 1. The predicted octanol–water partition coefficient (Wildman–Crippen LogP) is 2.99. The van der Waals surface area contributed by atoms with Crippen LogP contribution in [0.25, 0.3) is 0 Å². The molecule has 0 aromatic carbocycles. The lowest BCUT2D eigenvalue weighted by atomic mass is 10.0. The number of anilines is 1. The Kier molecular flexibility index (Phi) is 3.74. The first-order chi connectivity index (χ1) is 9.31. The van der Waals surface area contributed by atoms with Crippen LogP contribution in [0.5, 0.6) is 0 Å². The molecule has 3 nitrogen and oxygen atoms in total. The van der Waals surface area contributed by atoms with Gasteiger partial charge in [-0.2, -0.15) is 0 Å². The van der Waals surface area contributed by atoms with Gasteiger partial charge < -0.3 is 10.2 Å². The van der Waals surface area contributed by atoms with Crippen molar-refractivity contribution < 1.29 is 0 Å². The van der Waals surface area contributed by atoms with Crippen LogP contribution in [0.2, 0.25) is 0 Å². The quantitative estimate of drug-likeness (QED) is 0.901. The van der Waals surface area contributed by atoms with Crippen LogP contribution in [-0.4, -0.2) is 25.1 Å². The molecule has 3 heteroatoms. The number of nitrogens with zero attached hydrogens (tertiary/aromatic N) is 2. The first-order valence-corrected chi connectivity index (χ1v) is 7.70. The van der Waals surface area contributed by atoms with E-state index in [1.165, 1.54) is 38.0 Å². The van der Waals surface area contributed by atoms with Crippen molar-refractivity contribution in [3.8, 4) is 0 Å². The Hall–Kier alpha value is -1.09. The summed E-state index contributed by atoms with van der Waals surface area (Å²) in [5.74, 6) is 1.89. The zero-order valence-corrected chi connectivity index (χ0v) is 12.1. The molecular weight excluding hydrogens is 234 g/mol. The standard InChI is InChI=1S/C16H25N3/c1-3-15(17-2)16-8-7-14(9-18-16)19-10-12-5-4-6-13(12)11-19/h7-9,12-13,15,17H,3-6,10-11H2,1-2H3. The van der Waals surface area contributed by atoms with Crippen LogP contribution in [0, 0.1) is 11.8 Å². The van der Waals surface area contributed by atoms with Gasteiger partial charge in [0, 0.05) is 19.1 Å². The maximum atomic E-state index is 4.66. The molecule has 0 amide bonds. The molecule has 1 aliphatic heterocycles. The molecule has 104 valence electrons. The Morgan fingerprint density at radius 1 is 1.32 bits per heavy atom. The lowest BCUT2D eigenvalue weighted by Gasteiger charge is -2.20. The van der Waals surface area contributed by atoms with Gasteiger partial charge in [-0.15, -0.1) is 0 Å². The molecule has 1 aromatic rings. The molecule has 3 rings (SSSR count). The van der Waals surface area contributed by atoms with Crippen molar-refractivity contribution in [3.05, 3.63) is 24.0 Å². The molecule has 0 spiro atoms. The van der Waals surface area contributed by atoms with Gasteiger partial charge in [-0.05, 0) is 50.3 Å². The predicted molar refractivity (Wildman–Crippen MR) is 79.4 cm³/mol. The van der Waals surface area contributed by atoms with Crippen LogP contribution in [0.3, 0.4) is 0 Å². The highest BCUT2D eigenvalue weighted by molar-refractivity contribution is 5.46. The number of fused-ring (bicyclic) bond motifs is 1. The molecule has 2 fully saturated rings. The van der Waals surface area contributed by atoms with Crippen LogP contribution in [0.4, 0.5) is 5.69 Å². The Morgan fingerprint density at radius 2 is 2.05 bits per heavy atom. The van der Waals surface area contributed by atoms with E-state index in [-0.39, 0.29) is 0 Å². The van der Waals surface area contributed by atoms with E-state index < -0.39 is 0 Å². The van der Waals surface area contributed by atoms with Gasteiger partial charge in [0.25, 0.3) is 0 Å². The van der Waals surface area contributed by atoms with Gasteiger partial charge in [-0.1, -0.05) is 13.3 Å². The normalized spacial score (nSPS) is 27.6. The number of nitrogens with one attached hydrogen (secondary N) is 1. The fourth-order valence-electron chi connectivity index (χ4n) is 3.80. The van der Waals surface area contributed by atoms with Crippen LogP contribution in [-0.2, 0) is 0 Å². The number of rotatable bonds is 4. The van der Waals surface area contributed by atoms with Crippen LogP contribution in [0.15, 0.2) is 18.3 Å². The lowest BCUT2D eigenvalue weighted by Crippen LogP contribution is -2.21. The summed E-state index contributed by atoms with van der Waals surface area (Å²) in [7, 11) is 2.01. The maximum Gasteiger partial charge on any atom is 0.0574 e. The minimum Gasteiger partial charge on any atom is -0.370 e. The zero-order valence-electron chi connectivity index (χ0n) is 12.1. The minimum absolute atomic E-state index is 0.381. The largest absolute Gasteiger partial charge is 0.370 e. The summed E-state index contributed by atoms with van der Waals surface area (Å²) >= 11 is 0. The molecule has 2 aliphatic rings. The second kappa shape index (κ2) is 5.49. The van der Waals surface area contributed by atoms with E-state index in [0.29, 0.717) is 6.04 Å². The molecule has 3 unspecified atom stereocenters. The first-order valence-electron chi connectivity index (χ1n) is 7.70. The summed E-state index contributed by atoms with van der Waals surface area (Å²) < 4.78 is 0. The van der Waals surface area contributed by atoms with Gasteiger partial charge in [-0.3, -0.25) is 4.98 Å². The van der Waals surface area contributed by atoms with Gasteiger partial charge in [-0.25, -0.2) is 0 Å². The van der Waals surface area contributed by atoms with E-state index in [1.807, 2.05) is 7.05 Å². The Labute approximate surface area is 116 Å². The fourth-order valence-corrected chi connectivity index (χ4v) is 3.80. The summed E-state index contributed by atoms with van der Waals surface area (Å²) in [5.41, 5.74) is 2.47. The molecule has 1 aliphatic carbocycles. The van der Waals surface area contributed by atoms with Gasteiger partial charge in [0.1, 0.15) is 0 Å². The fraction of sp³-hybridized carbons (Fsp3) is 0.688. The van der Waals surface area contributed by atoms with Crippen molar-refractivity contribution in [2.75, 3.05) is 25.0 Å². The minimum atomic E-state index is 0.381. The number of hydrogen-bond acceptors (Lipinski definition) is 3. The van der Waals surface area contributed by atoms with Crippen molar-refractivity contribution in [1.29, 1.82) is 0 Å². The molecule has 0 bridgehead atoms. The van der Waals surface area contributed by atoms with Crippen LogP contribution in [0.1, 0.15) is 44.3 Å². The first kappa shape index (κ1) is 12.9. The maximum absolute atomic E-state index is 4.66. The van der Waals surface area contributed by atoms with Gasteiger partial charge >= 0.3 is 0 Å². The van der Waals surface area contributed by atoms with Crippen molar-refractivity contribution in [3.63, 3.8) is 0 Å². The van der Waals surface area contributed by atoms with Gasteiger partial charge in [0.15, 0.2) is 0 Å². The summed E-state index contributed by atoms with van der Waals surface area (Å²) in [5, 5.41) is 3.31. The number of aromatic nitrogens is 1. The molecule has 1 saturated heterocycles. The smallest absolute Gasteiger partial charge is 0.0574 e. The summed E-state index contributed by atoms with van der Waals surface area (Å²) in [6.07, 6.45) is 7.46. The van der Waals surface area contributed by atoms with Crippen molar-refractivity contribution in [1.82, 2.24) is 10.3 Å². The van der Waals surface area contributed by atoms with Gasteiger partial charge in [0.2, 0.25) is 0 Å². The molecule has 1 N–H and O–H groups in total. The van der Waals surface area contributed by atoms with Crippen molar-refractivity contribution >= 4 is 5.69 Å². The molecule has 0 radical (unpaired) electrons. The SMILES string of the molecule is CCC(NC)c1ccc(N2CC3CCCC3C2)cn1. The highest BCUT2D eigenvalue weighted by atomic mass is 15.2. The summed E-state index contributed by atoms with van der Waals surface area (Å²) in [4.78, 5) is 7.19. The highest BCUT2D eigenvalue weighted by Crippen LogP contribution is 2.39. The Bertz CT molecular complexity index is 399. The average molecular weight is 259 g/mol. The van der Waals surface area contributed by atoms with Crippen molar-refractivity contribution in [2.24, 2.45) is 11.8 Å². The van der Waals surface area contributed by atoms with E-state index in [4.69, 9.17) is 0 Å². The topological polar surface area (TPSA) is 28.2 Å². The summed E-state index contributed by atoms with van der Waals surface area (Å²) in [6, 6.07) is 4.82. The zero-order chi connectivity index (χ0) is 13.2. The third-order valence-electron chi connectivity index (χ3n) is 4.98. The van der Waals surface area contributed by atoms with Crippen LogP contribution >= 0.6 is 0 Å². The van der Waals surface area contributed by atoms with E-state index in [1.54, 1.807) is 0 Å². The molecule has 2 heterocycles. The van der Waals surface area contributed by atoms with Crippen LogP contribution < -0.4 is 10.2 Å². The van der Waals surface area contributed by atoms with E-state index in [2.05, 4.69) is 40.5 Å². The van der Waals surface area contributed by atoms with E-state index in [0.717, 1.165) is 24.0 Å². The Morgan fingerprint density at radius 3 is 2.58 bits per heavy atom. The molecule has 19 heavy (non-hydrogen) atoms. The molecule has 3 atom stereocenters. The monoisotopic (exact) mass is 259 g/mol. The summed E-state index contributed by atoms with van der Waals surface area (Å²) in [6.45, 7) is 4.68. The lowest BCUT2D eigenvalue weighted by molar-refractivity contribution is 0.494. The molecule has 1 saturated carbocycles. The Balaban J connectivity index is 1.69. The van der Waals surface area contributed by atoms with E-state index >= 15 is 0 Å². The van der Waals surface area contributed by atoms with Gasteiger partial charge in [0.05, 0.1) is 17.6 Å². The highest BCUT2D eigenvalue weighted by Gasteiger charge is 2.36. The second-order valence-corrected chi connectivity index (χ2v) is 6.05. The number of hydrogen-bond donors (Lipinski definition) is 1. The molecule has 1 aromatic heterocycles. The average Bonchev–Trinajstić information content (AvgIpc) is 3.02. The van der Waals surface area contributed by atoms with Crippen molar-refractivity contribution in [2.45, 2.75) is 38.6 Å². The van der Waals surface area contributed by atoms with E-state index in [9.17, 15) is 0 Å². The third kappa shape index (κ3) is 2.48. The second-order valence-electron chi connectivity index (χ2n) is 6.05. The molecular formula is C16H25N3.